The Bertz CT molecular complexity index is 2160. The van der Waals surface area contributed by atoms with Crippen LogP contribution in [0.5, 0.6) is 0 Å². The van der Waals surface area contributed by atoms with Gasteiger partial charge in [0.25, 0.3) is 0 Å². The van der Waals surface area contributed by atoms with Gasteiger partial charge in [-0.05, 0) is 72.2 Å². The van der Waals surface area contributed by atoms with E-state index in [4.69, 9.17) is 14.4 Å². The van der Waals surface area contributed by atoms with Crippen LogP contribution < -0.4 is 10.2 Å². The number of furan rings is 1. The van der Waals surface area contributed by atoms with Crippen LogP contribution in [-0.4, -0.2) is 11.7 Å². The molecule has 230 valence electrons. The van der Waals surface area contributed by atoms with E-state index in [0.717, 1.165) is 59.8 Å². The molecule has 1 atom stereocenters. The van der Waals surface area contributed by atoms with Crippen molar-refractivity contribution in [3.05, 3.63) is 161 Å². The van der Waals surface area contributed by atoms with Crippen molar-refractivity contribution < 1.29 is 4.42 Å². The van der Waals surface area contributed by atoms with Crippen LogP contribution in [0.2, 0.25) is 0 Å². The molecule has 3 heterocycles. The Morgan fingerprint density at radius 1 is 0.723 bits per heavy atom. The number of aliphatic imine (C=N–C) groups is 2. The molecule has 1 unspecified atom stereocenters. The third-order valence-corrected chi connectivity index (χ3v) is 10.1. The minimum absolute atomic E-state index is 0.0731. The lowest BCUT2D eigenvalue weighted by Crippen LogP contribution is -2.37. The SMILES string of the molecule is CC1(C)c2ccccc2N(C2=CC=C(C3=NC(c4ccccc4)N=C(C4=CCCc5c4oc4ccccc54)N3)CC2)c2ccccc21. The lowest BCUT2D eigenvalue weighted by atomic mass is 9.73. The van der Waals surface area contributed by atoms with Crippen molar-refractivity contribution in [2.45, 2.75) is 51.1 Å². The van der Waals surface area contributed by atoms with Gasteiger partial charge in [-0.3, -0.25) is 0 Å². The Hall–Kier alpha value is -5.42. The van der Waals surface area contributed by atoms with Gasteiger partial charge in [-0.25, -0.2) is 9.98 Å². The summed E-state index contributed by atoms with van der Waals surface area (Å²) in [6.45, 7) is 4.67. The summed E-state index contributed by atoms with van der Waals surface area (Å²) in [6.07, 6.45) is 10.1. The number of para-hydroxylation sites is 3. The Balaban J connectivity index is 1.10. The number of nitrogens with one attached hydrogen (secondary N) is 1. The minimum Gasteiger partial charge on any atom is -0.456 e. The van der Waals surface area contributed by atoms with E-state index in [-0.39, 0.29) is 11.6 Å². The number of benzene rings is 4. The molecule has 0 radical (unpaired) electrons. The third kappa shape index (κ3) is 4.52. The smallest absolute Gasteiger partial charge is 0.169 e. The second-order valence-corrected chi connectivity index (χ2v) is 13.3. The highest BCUT2D eigenvalue weighted by atomic mass is 16.3. The van der Waals surface area contributed by atoms with E-state index in [0.29, 0.717) is 0 Å². The molecule has 1 aromatic heterocycles. The normalized spacial score (nSPS) is 19.7. The van der Waals surface area contributed by atoms with Gasteiger partial charge in [-0.15, -0.1) is 0 Å². The molecular formula is C42H36N4O. The molecular weight excluding hydrogens is 576 g/mol. The van der Waals surface area contributed by atoms with Gasteiger partial charge in [0.2, 0.25) is 0 Å². The highest BCUT2D eigenvalue weighted by Gasteiger charge is 2.37. The van der Waals surface area contributed by atoms with Crippen molar-refractivity contribution in [1.82, 2.24) is 5.32 Å². The van der Waals surface area contributed by atoms with E-state index in [1.54, 1.807) is 0 Å². The molecule has 0 fully saturated rings. The quantitative estimate of drug-likeness (QED) is 0.220. The highest BCUT2D eigenvalue weighted by Crippen LogP contribution is 2.51. The first-order valence-corrected chi connectivity index (χ1v) is 16.6. The predicted octanol–water partition coefficient (Wildman–Crippen LogP) is 9.94. The van der Waals surface area contributed by atoms with Crippen LogP contribution in [0.1, 0.15) is 67.3 Å². The number of allylic oxidation sites excluding steroid dienone is 4. The number of aryl methyl sites for hydroxylation is 1. The fourth-order valence-electron chi connectivity index (χ4n) is 7.74. The van der Waals surface area contributed by atoms with E-state index >= 15 is 0 Å². The number of anilines is 2. The number of amidine groups is 2. The summed E-state index contributed by atoms with van der Waals surface area (Å²) in [4.78, 5) is 12.8. The van der Waals surface area contributed by atoms with Gasteiger partial charge >= 0.3 is 0 Å². The van der Waals surface area contributed by atoms with Gasteiger partial charge in [-0.2, -0.15) is 0 Å². The van der Waals surface area contributed by atoms with E-state index in [1.807, 2.05) is 12.1 Å². The Labute approximate surface area is 275 Å². The van der Waals surface area contributed by atoms with Gasteiger partial charge in [0.15, 0.2) is 6.17 Å². The Kier molecular flexibility index (Phi) is 6.42. The maximum absolute atomic E-state index is 6.47. The fourth-order valence-corrected chi connectivity index (χ4v) is 7.74. The maximum atomic E-state index is 6.47. The van der Waals surface area contributed by atoms with Crippen LogP contribution in [0.25, 0.3) is 16.5 Å². The third-order valence-electron chi connectivity index (χ3n) is 10.1. The average molecular weight is 613 g/mol. The topological polar surface area (TPSA) is 53.1 Å². The van der Waals surface area contributed by atoms with Crippen LogP contribution in [0.3, 0.4) is 0 Å². The molecule has 0 spiro atoms. The molecule has 0 saturated heterocycles. The number of nitrogens with zero attached hydrogens (tertiary/aromatic N) is 3. The minimum atomic E-state index is -0.340. The number of hydrogen-bond acceptors (Lipinski definition) is 5. The first-order valence-electron chi connectivity index (χ1n) is 16.6. The van der Waals surface area contributed by atoms with Gasteiger partial charge in [0.05, 0.1) is 5.57 Å². The fraction of sp³-hybridized carbons (Fsp3) is 0.190. The highest BCUT2D eigenvalue weighted by molar-refractivity contribution is 6.29. The summed E-state index contributed by atoms with van der Waals surface area (Å²) in [5, 5.41) is 4.86. The van der Waals surface area contributed by atoms with Crippen LogP contribution in [0, 0.1) is 0 Å². The standard InChI is InChI=1S/C42H36N4O/c1-42(2)33-18-7-9-20-35(33)46(36-21-10-8-19-34(36)42)29-25-23-28(24-26-29)40-43-39(27-13-4-3-5-14-27)44-41(45-40)32-17-12-16-31-30-15-6-11-22-37(30)47-38(31)32/h3-11,13-15,17-23,25,39H,12,16,24,26H2,1-2H3,(H,43,44,45). The van der Waals surface area contributed by atoms with Crippen molar-refractivity contribution in [2.75, 3.05) is 4.90 Å². The Morgan fingerprint density at radius 2 is 1.40 bits per heavy atom. The molecule has 5 aromatic rings. The predicted molar refractivity (Wildman–Crippen MR) is 192 cm³/mol. The molecule has 0 amide bonds. The summed E-state index contributed by atoms with van der Waals surface area (Å²) in [6, 6.07) is 36.4. The molecule has 9 rings (SSSR count). The van der Waals surface area contributed by atoms with E-state index in [9.17, 15) is 0 Å². The van der Waals surface area contributed by atoms with Crippen LogP contribution in [-0.2, 0) is 11.8 Å². The van der Waals surface area contributed by atoms with Gasteiger partial charge < -0.3 is 14.6 Å². The Morgan fingerprint density at radius 3 is 2.15 bits per heavy atom. The molecule has 4 aliphatic rings. The second-order valence-electron chi connectivity index (χ2n) is 13.3. The first kappa shape index (κ1) is 27.9. The summed E-state index contributed by atoms with van der Waals surface area (Å²) < 4.78 is 6.47. The largest absolute Gasteiger partial charge is 0.456 e. The summed E-state index contributed by atoms with van der Waals surface area (Å²) in [5.41, 5.74) is 11.9. The molecule has 4 aromatic carbocycles. The molecule has 0 saturated carbocycles. The summed E-state index contributed by atoms with van der Waals surface area (Å²) >= 11 is 0. The van der Waals surface area contributed by atoms with Crippen molar-refractivity contribution in [2.24, 2.45) is 9.98 Å². The van der Waals surface area contributed by atoms with E-state index in [2.05, 4.69) is 133 Å². The van der Waals surface area contributed by atoms with Crippen molar-refractivity contribution in [3.8, 4) is 0 Å². The zero-order valence-corrected chi connectivity index (χ0v) is 26.7. The lowest BCUT2D eigenvalue weighted by Gasteiger charge is -2.43. The van der Waals surface area contributed by atoms with Crippen LogP contribution >= 0.6 is 0 Å². The first-order chi connectivity index (χ1) is 23.1. The summed E-state index contributed by atoms with van der Waals surface area (Å²) in [7, 11) is 0. The number of hydrogen-bond donors (Lipinski definition) is 1. The van der Waals surface area contributed by atoms with E-state index in [1.165, 1.54) is 44.7 Å². The molecule has 2 aliphatic carbocycles. The number of fused-ring (bicyclic) bond motifs is 5. The lowest BCUT2D eigenvalue weighted by molar-refractivity contribution is 0.592. The van der Waals surface area contributed by atoms with Gasteiger partial charge in [-0.1, -0.05) is 111 Å². The second kappa shape index (κ2) is 10.8. The monoisotopic (exact) mass is 612 g/mol. The van der Waals surface area contributed by atoms with Crippen LogP contribution in [0.4, 0.5) is 11.4 Å². The molecule has 1 N–H and O–H groups in total. The number of rotatable bonds is 4. The zero-order valence-electron chi connectivity index (χ0n) is 26.7. The van der Waals surface area contributed by atoms with Crippen molar-refractivity contribution in [1.29, 1.82) is 0 Å². The van der Waals surface area contributed by atoms with Gasteiger partial charge in [0, 0.05) is 33.4 Å². The van der Waals surface area contributed by atoms with Crippen molar-refractivity contribution >= 4 is 39.6 Å². The molecule has 2 aliphatic heterocycles. The zero-order chi connectivity index (χ0) is 31.5. The van der Waals surface area contributed by atoms with Crippen molar-refractivity contribution in [3.63, 3.8) is 0 Å². The molecule has 5 nitrogen and oxygen atoms in total. The molecule has 0 bridgehead atoms. The molecule has 5 heteroatoms. The van der Waals surface area contributed by atoms with E-state index < -0.39 is 0 Å². The maximum Gasteiger partial charge on any atom is 0.169 e. The average Bonchev–Trinajstić information content (AvgIpc) is 3.51. The van der Waals surface area contributed by atoms with Crippen LogP contribution in [0.15, 0.2) is 147 Å². The van der Waals surface area contributed by atoms with Gasteiger partial charge in [0.1, 0.15) is 23.0 Å². The molecule has 47 heavy (non-hydrogen) atoms. The summed E-state index contributed by atoms with van der Waals surface area (Å²) in [5.74, 6) is 2.62.